The Morgan fingerprint density at radius 1 is 1.16 bits per heavy atom. The van der Waals surface area contributed by atoms with Crippen LogP contribution >= 0.6 is 27.7 Å². The molecular formula is C24H23BrN4O2S. The fourth-order valence-corrected chi connectivity index (χ4v) is 4.51. The van der Waals surface area contributed by atoms with Crippen LogP contribution in [-0.2, 0) is 16.0 Å². The molecule has 3 aromatic rings. The maximum atomic E-state index is 11.4. The smallest absolute Gasteiger partial charge is 0.247 e. The highest BCUT2D eigenvalue weighted by atomic mass is 79.9. The summed E-state index contributed by atoms with van der Waals surface area (Å²) in [6.07, 6.45) is 3.71. The lowest BCUT2D eigenvalue weighted by Crippen LogP contribution is -2.36. The van der Waals surface area contributed by atoms with Crippen LogP contribution in [0.3, 0.4) is 0 Å². The Labute approximate surface area is 200 Å². The number of hydrogen-bond donors (Lipinski definition) is 1. The molecule has 1 aliphatic rings. The van der Waals surface area contributed by atoms with Gasteiger partial charge < -0.3 is 15.0 Å². The van der Waals surface area contributed by atoms with Gasteiger partial charge in [0.05, 0.1) is 17.7 Å². The fraction of sp³-hybridized carbons (Fsp3) is 0.208. The van der Waals surface area contributed by atoms with E-state index in [4.69, 9.17) is 9.72 Å². The molecule has 4 rings (SSSR count). The van der Waals surface area contributed by atoms with E-state index in [0.717, 1.165) is 52.2 Å². The van der Waals surface area contributed by atoms with Gasteiger partial charge in [0.2, 0.25) is 5.91 Å². The molecule has 0 radical (unpaired) electrons. The molecule has 0 aliphatic carbocycles. The molecule has 2 aromatic carbocycles. The molecule has 164 valence electrons. The molecule has 1 aromatic heterocycles. The number of anilines is 2. The number of halogens is 1. The Morgan fingerprint density at radius 3 is 2.56 bits per heavy atom. The van der Waals surface area contributed by atoms with E-state index in [0.29, 0.717) is 6.42 Å². The molecule has 0 saturated carbocycles. The molecule has 1 fully saturated rings. The summed E-state index contributed by atoms with van der Waals surface area (Å²) in [4.78, 5) is 24.0. The maximum Gasteiger partial charge on any atom is 0.247 e. The highest BCUT2D eigenvalue weighted by Crippen LogP contribution is 2.32. The predicted molar refractivity (Wildman–Crippen MR) is 131 cm³/mol. The van der Waals surface area contributed by atoms with Gasteiger partial charge in [0, 0.05) is 42.0 Å². The summed E-state index contributed by atoms with van der Waals surface area (Å²) in [6.45, 7) is 6.88. The molecule has 2 heterocycles. The van der Waals surface area contributed by atoms with Gasteiger partial charge in [-0.3, -0.25) is 4.79 Å². The van der Waals surface area contributed by atoms with Crippen LogP contribution < -0.4 is 10.2 Å². The molecule has 0 unspecified atom stereocenters. The SMILES string of the molecule is C=CC(=O)Nc1ccc(Sc2nc(Cc3ccc(N4CCOCC4)cc3)ncc2Br)cc1. The lowest BCUT2D eigenvalue weighted by Gasteiger charge is -2.28. The van der Waals surface area contributed by atoms with Gasteiger partial charge in [-0.15, -0.1) is 0 Å². The summed E-state index contributed by atoms with van der Waals surface area (Å²) < 4.78 is 6.27. The number of amides is 1. The third-order valence-corrected chi connectivity index (χ3v) is 6.81. The quantitative estimate of drug-likeness (QED) is 0.358. The zero-order valence-corrected chi connectivity index (χ0v) is 19.9. The van der Waals surface area contributed by atoms with Crippen LogP contribution in [0.1, 0.15) is 11.4 Å². The number of rotatable bonds is 7. The number of benzene rings is 2. The minimum absolute atomic E-state index is 0.230. The average molecular weight is 511 g/mol. The standard InChI is InChI=1S/C24H23BrN4O2S/c1-2-23(30)27-18-5-9-20(10-6-18)32-24-21(25)16-26-22(28-24)15-17-3-7-19(8-4-17)29-11-13-31-14-12-29/h2-10,16H,1,11-15H2,(H,27,30). The van der Waals surface area contributed by atoms with Crippen LogP contribution in [0.4, 0.5) is 11.4 Å². The minimum atomic E-state index is -0.230. The molecule has 0 atom stereocenters. The molecule has 6 nitrogen and oxygen atoms in total. The molecular weight excluding hydrogens is 488 g/mol. The predicted octanol–water partition coefficient (Wildman–Crippen LogP) is 4.94. The van der Waals surface area contributed by atoms with Crippen molar-refractivity contribution in [2.75, 3.05) is 36.5 Å². The van der Waals surface area contributed by atoms with E-state index >= 15 is 0 Å². The normalized spacial score (nSPS) is 13.6. The second-order valence-corrected chi connectivity index (χ2v) is 9.12. The summed E-state index contributed by atoms with van der Waals surface area (Å²) in [5.41, 5.74) is 3.11. The van der Waals surface area contributed by atoms with E-state index in [2.05, 4.69) is 62.0 Å². The van der Waals surface area contributed by atoms with Crippen LogP contribution in [-0.4, -0.2) is 42.2 Å². The van der Waals surface area contributed by atoms with Gasteiger partial charge >= 0.3 is 0 Å². The van der Waals surface area contributed by atoms with Gasteiger partial charge in [0.25, 0.3) is 0 Å². The van der Waals surface area contributed by atoms with E-state index in [1.807, 2.05) is 24.3 Å². The number of morpholine rings is 1. The van der Waals surface area contributed by atoms with Crippen LogP contribution in [0.15, 0.2) is 81.8 Å². The first-order valence-electron chi connectivity index (χ1n) is 10.2. The highest BCUT2D eigenvalue weighted by molar-refractivity contribution is 9.10. The van der Waals surface area contributed by atoms with Crippen molar-refractivity contribution in [1.82, 2.24) is 9.97 Å². The van der Waals surface area contributed by atoms with Gasteiger partial charge in [-0.1, -0.05) is 30.5 Å². The summed E-state index contributed by atoms with van der Waals surface area (Å²) in [7, 11) is 0. The third-order valence-electron chi connectivity index (χ3n) is 4.96. The number of aromatic nitrogens is 2. The van der Waals surface area contributed by atoms with E-state index in [9.17, 15) is 4.79 Å². The first kappa shape index (κ1) is 22.5. The minimum Gasteiger partial charge on any atom is -0.378 e. The van der Waals surface area contributed by atoms with Crippen molar-refractivity contribution >= 4 is 45.0 Å². The molecule has 8 heteroatoms. The third kappa shape index (κ3) is 5.97. The Kier molecular flexibility index (Phi) is 7.57. The largest absolute Gasteiger partial charge is 0.378 e. The zero-order valence-electron chi connectivity index (χ0n) is 17.5. The Balaban J connectivity index is 1.42. The second kappa shape index (κ2) is 10.8. The molecule has 32 heavy (non-hydrogen) atoms. The summed E-state index contributed by atoms with van der Waals surface area (Å²) >= 11 is 5.10. The van der Waals surface area contributed by atoms with Crippen molar-refractivity contribution in [2.24, 2.45) is 0 Å². The fourth-order valence-electron chi connectivity index (χ4n) is 3.28. The van der Waals surface area contributed by atoms with Gasteiger partial charge in [0.1, 0.15) is 10.9 Å². The molecule has 0 spiro atoms. The molecule has 1 saturated heterocycles. The van der Waals surface area contributed by atoms with Crippen LogP contribution in [0.25, 0.3) is 0 Å². The van der Waals surface area contributed by atoms with Gasteiger partial charge in [0.15, 0.2) is 0 Å². The number of ether oxygens (including phenoxy) is 1. The van der Waals surface area contributed by atoms with Crippen molar-refractivity contribution in [3.63, 3.8) is 0 Å². The van der Waals surface area contributed by atoms with Crippen molar-refractivity contribution in [2.45, 2.75) is 16.3 Å². The molecule has 1 amide bonds. The average Bonchev–Trinajstić information content (AvgIpc) is 2.83. The summed E-state index contributed by atoms with van der Waals surface area (Å²) in [6, 6.07) is 16.2. The topological polar surface area (TPSA) is 67.4 Å². The molecule has 1 N–H and O–H groups in total. The first-order chi connectivity index (χ1) is 15.6. The zero-order chi connectivity index (χ0) is 22.3. The van der Waals surface area contributed by atoms with Crippen molar-refractivity contribution < 1.29 is 9.53 Å². The van der Waals surface area contributed by atoms with E-state index in [1.165, 1.54) is 17.3 Å². The Bertz CT molecular complexity index is 1080. The van der Waals surface area contributed by atoms with Crippen LogP contribution in [0, 0.1) is 0 Å². The monoisotopic (exact) mass is 510 g/mol. The first-order valence-corrected chi connectivity index (χ1v) is 11.9. The number of nitrogens with zero attached hydrogens (tertiary/aromatic N) is 3. The van der Waals surface area contributed by atoms with Crippen LogP contribution in [0.2, 0.25) is 0 Å². The molecule has 1 aliphatic heterocycles. The summed E-state index contributed by atoms with van der Waals surface area (Å²) in [5, 5.41) is 3.59. The number of hydrogen-bond acceptors (Lipinski definition) is 6. The van der Waals surface area contributed by atoms with Crippen molar-refractivity contribution in [1.29, 1.82) is 0 Å². The number of carbonyl (C=O) groups excluding carboxylic acids is 1. The van der Waals surface area contributed by atoms with Gasteiger partial charge in [-0.25, -0.2) is 9.97 Å². The second-order valence-electron chi connectivity index (χ2n) is 7.20. The number of nitrogens with one attached hydrogen (secondary N) is 1. The maximum absolute atomic E-state index is 11.4. The van der Waals surface area contributed by atoms with E-state index in [-0.39, 0.29) is 5.91 Å². The van der Waals surface area contributed by atoms with E-state index < -0.39 is 0 Å². The van der Waals surface area contributed by atoms with Gasteiger partial charge in [-0.2, -0.15) is 0 Å². The lowest BCUT2D eigenvalue weighted by molar-refractivity contribution is -0.111. The van der Waals surface area contributed by atoms with Crippen molar-refractivity contribution in [3.8, 4) is 0 Å². The Morgan fingerprint density at radius 2 is 1.88 bits per heavy atom. The van der Waals surface area contributed by atoms with Gasteiger partial charge in [-0.05, 0) is 64.0 Å². The Hall–Kier alpha value is -2.68. The lowest BCUT2D eigenvalue weighted by atomic mass is 10.1. The number of carbonyl (C=O) groups is 1. The van der Waals surface area contributed by atoms with Crippen LogP contribution in [0.5, 0.6) is 0 Å². The highest BCUT2D eigenvalue weighted by Gasteiger charge is 2.12. The van der Waals surface area contributed by atoms with E-state index in [1.54, 1.807) is 18.0 Å². The summed E-state index contributed by atoms with van der Waals surface area (Å²) in [5.74, 6) is 0.538. The molecule has 0 bridgehead atoms. The van der Waals surface area contributed by atoms with Crippen molar-refractivity contribution in [3.05, 3.63) is 83.2 Å².